The van der Waals surface area contributed by atoms with Crippen LogP contribution in [0.4, 0.5) is 23.4 Å². The van der Waals surface area contributed by atoms with Gasteiger partial charge in [0.05, 0.1) is 40.1 Å². The number of alkyl halides is 3. The number of aromatic nitrogens is 2. The Hall–Kier alpha value is -3.14. The number of fused-ring (bicyclic) bond motifs is 1. The van der Waals surface area contributed by atoms with Crippen molar-refractivity contribution in [2.24, 2.45) is 11.8 Å². The monoisotopic (exact) mass is 497 g/mol. The number of benzene rings is 2. The zero-order valence-electron chi connectivity index (χ0n) is 18.2. The van der Waals surface area contributed by atoms with Gasteiger partial charge in [-0.2, -0.15) is 17.9 Å². The molecule has 3 aromatic rings. The highest BCUT2D eigenvalue weighted by Crippen LogP contribution is 2.38. The van der Waals surface area contributed by atoms with Gasteiger partial charge in [0.2, 0.25) is 0 Å². The van der Waals surface area contributed by atoms with E-state index >= 15 is 0 Å². The Bertz CT molecular complexity index is 1270. The van der Waals surface area contributed by atoms with Gasteiger partial charge in [0, 0.05) is 13.1 Å². The van der Waals surface area contributed by atoms with E-state index in [0.717, 1.165) is 16.8 Å². The van der Waals surface area contributed by atoms with E-state index in [1.807, 2.05) is 6.92 Å². The second-order valence-corrected chi connectivity index (χ2v) is 8.58. The molecule has 0 spiro atoms. The van der Waals surface area contributed by atoms with Crippen molar-refractivity contribution in [3.05, 3.63) is 58.4 Å². The molecule has 4 rings (SSSR count). The summed E-state index contributed by atoms with van der Waals surface area (Å²) in [5, 5.41) is 3.86. The van der Waals surface area contributed by atoms with Gasteiger partial charge >= 0.3 is 12.1 Å². The van der Waals surface area contributed by atoms with Crippen molar-refractivity contribution in [1.29, 1.82) is 0 Å². The maximum absolute atomic E-state index is 14.9. The topological polar surface area (TPSA) is 64.4 Å². The van der Waals surface area contributed by atoms with Gasteiger partial charge in [0.1, 0.15) is 5.82 Å². The number of carbonyl (C=O) groups is 2. The van der Waals surface area contributed by atoms with Crippen LogP contribution in [0.3, 0.4) is 0 Å². The van der Waals surface area contributed by atoms with Gasteiger partial charge in [-0.05, 0) is 36.6 Å². The molecule has 0 aliphatic carbocycles. The van der Waals surface area contributed by atoms with E-state index in [1.165, 1.54) is 31.4 Å². The predicted molar refractivity (Wildman–Crippen MR) is 117 cm³/mol. The lowest BCUT2D eigenvalue weighted by Crippen LogP contribution is -2.42. The minimum Gasteiger partial charge on any atom is -0.469 e. The summed E-state index contributed by atoms with van der Waals surface area (Å²) in [5.41, 5.74) is -1.97. The highest BCUT2D eigenvalue weighted by atomic mass is 35.5. The zero-order valence-corrected chi connectivity index (χ0v) is 19.0. The fourth-order valence-electron chi connectivity index (χ4n) is 4.41. The van der Waals surface area contributed by atoms with Crippen molar-refractivity contribution in [2.45, 2.75) is 19.5 Å². The number of halogens is 5. The summed E-state index contributed by atoms with van der Waals surface area (Å²) >= 11 is 6.01. The fourth-order valence-corrected chi connectivity index (χ4v) is 4.66. The Morgan fingerprint density at radius 3 is 2.53 bits per heavy atom. The lowest BCUT2D eigenvalue weighted by molar-refractivity contribution is -0.147. The van der Waals surface area contributed by atoms with Crippen LogP contribution in [0.5, 0.6) is 0 Å². The molecule has 6 nitrogen and oxygen atoms in total. The first-order valence-electron chi connectivity index (χ1n) is 10.4. The van der Waals surface area contributed by atoms with E-state index in [1.54, 1.807) is 4.90 Å². The molecule has 0 bridgehead atoms. The Balaban J connectivity index is 1.82. The van der Waals surface area contributed by atoms with Gasteiger partial charge in [0.25, 0.3) is 5.91 Å². The number of ether oxygens (including phenoxy) is 1. The van der Waals surface area contributed by atoms with Crippen molar-refractivity contribution in [2.75, 3.05) is 25.1 Å². The molecule has 1 saturated heterocycles. The summed E-state index contributed by atoms with van der Waals surface area (Å²) in [6.45, 7) is 2.47. The standard InChI is InChI=1S/C23H20ClF4N3O3/c1-12-11-30(10-9-13(12)22(33)34-2)20-19-16(25)7-4-8-17(19)31(29-20)21(32)18-14(23(26,27)28)5-3-6-15(18)24/h3-8,12-13H,9-11H2,1-2H3/t12-,13-/m0/s1. The first-order chi connectivity index (χ1) is 16.0. The summed E-state index contributed by atoms with van der Waals surface area (Å²) in [4.78, 5) is 27.0. The van der Waals surface area contributed by atoms with Gasteiger partial charge in [0.15, 0.2) is 5.82 Å². The van der Waals surface area contributed by atoms with Crippen LogP contribution >= 0.6 is 11.6 Å². The SMILES string of the molecule is COC(=O)[C@H]1CCN(c2nn(C(=O)c3c(Cl)cccc3C(F)(F)F)c3cccc(F)c23)C[C@@H]1C. The quantitative estimate of drug-likeness (QED) is 0.369. The average molecular weight is 498 g/mol. The second kappa shape index (κ2) is 8.90. The van der Waals surface area contributed by atoms with Crippen LogP contribution in [0.15, 0.2) is 36.4 Å². The molecule has 1 aromatic heterocycles. The molecule has 1 aliphatic heterocycles. The molecule has 2 atom stereocenters. The minimum absolute atomic E-state index is 0.000167. The molecule has 1 fully saturated rings. The number of methoxy groups -OCH3 is 1. The third-order valence-electron chi connectivity index (χ3n) is 6.07. The highest BCUT2D eigenvalue weighted by Gasteiger charge is 2.38. The molecular weight excluding hydrogens is 478 g/mol. The molecule has 0 saturated carbocycles. The van der Waals surface area contributed by atoms with E-state index < -0.39 is 34.1 Å². The van der Waals surface area contributed by atoms with Gasteiger partial charge in [-0.15, -0.1) is 5.10 Å². The number of nitrogens with zero attached hydrogens (tertiary/aromatic N) is 3. The van der Waals surface area contributed by atoms with Crippen molar-refractivity contribution >= 4 is 40.2 Å². The van der Waals surface area contributed by atoms with Gasteiger partial charge in [-0.25, -0.2) is 4.39 Å². The number of carbonyl (C=O) groups excluding carboxylic acids is 2. The Morgan fingerprint density at radius 1 is 1.18 bits per heavy atom. The van der Waals surface area contributed by atoms with E-state index in [-0.39, 0.29) is 34.5 Å². The summed E-state index contributed by atoms with van der Waals surface area (Å²) < 4.78 is 61.3. The van der Waals surface area contributed by atoms with Gasteiger partial charge < -0.3 is 9.64 Å². The number of rotatable bonds is 3. The molecule has 2 aromatic carbocycles. The third kappa shape index (κ3) is 4.11. The van der Waals surface area contributed by atoms with Crippen molar-refractivity contribution < 1.29 is 31.9 Å². The lowest BCUT2D eigenvalue weighted by atomic mass is 9.87. The summed E-state index contributed by atoms with van der Waals surface area (Å²) in [6, 6.07) is 6.96. The normalized spacial score (nSPS) is 18.9. The molecule has 0 amide bonds. The summed E-state index contributed by atoms with van der Waals surface area (Å²) in [5.74, 6) is -2.55. The number of hydrogen-bond acceptors (Lipinski definition) is 5. The third-order valence-corrected chi connectivity index (χ3v) is 6.39. The lowest BCUT2D eigenvalue weighted by Gasteiger charge is -2.35. The van der Waals surface area contributed by atoms with Crippen LogP contribution in [0.2, 0.25) is 5.02 Å². The molecule has 11 heteroatoms. The smallest absolute Gasteiger partial charge is 0.417 e. The fraction of sp³-hybridized carbons (Fsp3) is 0.348. The Morgan fingerprint density at radius 2 is 1.88 bits per heavy atom. The maximum Gasteiger partial charge on any atom is 0.417 e. The first-order valence-corrected chi connectivity index (χ1v) is 10.8. The van der Waals surface area contributed by atoms with Crippen molar-refractivity contribution in [3.8, 4) is 0 Å². The molecule has 34 heavy (non-hydrogen) atoms. The Labute approximate surface area is 197 Å². The number of anilines is 1. The molecule has 1 aliphatic rings. The van der Waals surface area contributed by atoms with Crippen LogP contribution in [0.25, 0.3) is 10.9 Å². The number of hydrogen-bond donors (Lipinski definition) is 0. The van der Waals surface area contributed by atoms with Crippen LogP contribution in [0.1, 0.15) is 29.3 Å². The van der Waals surface area contributed by atoms with E-state index in [0.29, 0.717) is 19.5 Å². The van der Waals surface area contributed by atoms with E-state index in [2.05, 4.69) is 5.10 Å². The maximum atomic E-state index is 14.9. The average Bonchev–Trinajstić information content (AvgIpc) is 3.18. The molecule has 0 unspecified atom stereocenters. The minimum atomic E-state index is -4.84. The zero-order chi connectivity index (χ0) is 24.8. The Kier molecular flexibility index (Phi) is 6.28. The van der Waals surface area contributed by atoms with Crippen LogP contribution < -0.4 is 4.90 Å². The van der Waals surface area contributed by atoms with Crippen molar-refractivity contribution in [1.82, 2.24) is 9.78 Å². The van der Waals surface area contributed by atoms with E-state index in [9.17, 15) is 27.2 Å². The van der Waals surface area contributed by atoms with Crippen LogP contribution in [0, 0.1) is 17.7 Å². The second-order valence-electron chi connectivity index (χ2n) is 8.18. The largest absolute Gasteiger partial charge is 0.469 e. The summed E-state index contributed by atoms with van der Waals surface area (Å²) in [6.07, 6.45) is -4.43. The number of piperidine rings is 1. The summed E-state index contributed by atoms with van der Waals surface area (Å²) in [7, 11) is 1.31. The molecule has 180 valence electrons. The van der Waals surface area contributed by atoms with Gasteiger partial charge in [-0.3, -0.25) is 9.59 Å². The number of esters is 1. The van der Waals surface area contributed by atoms with Crippen LogP contribution in [-0.4, -0.2) is 41.9 Å². The predicted octanol–water partition coefficient (Wildman–Crippen LogP) is 5.17. The molecular formula is C23H20ClF4N3O3. The van der Waals surface area contributed by atoms with Crippen molar-refractivity contribution in [3.63, 3.8) is 0 Å². The molecule has 2 heterocycles. The highest BCUT2D eigenvalue weighted by molar-refractivity contribution is 6.34. The molecule has 0 N–H and O–H groups in total. The first kappa shape index (κ1) is 24.0. The van der Waals surface area contributed by atoms with E-state index in [4.69, 9.17) is 16.3 Å². The van der Waals surface area contributed by atoms with Crippen LogP contribution in [-0.2, 0) is 15.7 Å². The molecule has 0 radical (unpaired) electrons. The van der Waals surface area contributed by atoms with Gasteiger partial charge in [-0.1, -0.05) is 30.7 Å².